The zero-order valence-corrected chi connectivity index (χ0v) is 16.9. The number of hydrogen-bond donors (Lipinski definition) is 0. The molecule has 160 valence electrons. The number of alkyl halides is 1. The number of fused-ring (bicyclic) bond motifs is 1. The molecule has 1 saturated heterocycles. The van der Waals surface area contributed by atoms with E-state index in [-0.39, 0.29) is 35.9 Å². The smallest absolute Gasteiger partial charge is 0.229 e. The van der Waals surface area contributed by atoms with Crippen LogP contribution in [-0.2, 0) is 11.3 Å². The van der Waals surface area contributed by atoms with Gasteiger partial charge in [0.15, 0.2) is 0 Å². The summed E-state index contributed by atoms with van der Waals surface area (Å²) in [5, 5.41) is 4.86. The fourth-order valence-corrected chi connectivity index (χ4v) is 6.25. The molecule has 7 rings (SSSR count). The lowest BCUT2D eigenvalue weighted by Gasteiger charge is -2.70. The van der Waals surface area contributed by atoms with E-state index in [9.17, 15) is 18.0 Å². The Bertz CT molecular complexity index is 1190. The highest BCUT2D eigenvalue weighted by atomic mass is 19.1. The number of carbonyl (C=O) groups excluding carboxylic acids is 1. The quantitative estimate of drug-likeness (QED) is 0.603. The molecule has 2 aromatic carbocycles. The molecule has 3 saturated carbocycles. The van der Waals surface area contributed by atoms with Crippen LogP contribution in [0.15, 0.2) is 48.7 Å². The van der Waals surface area contributed by atoms with E-state index in [4.69, 9.17) is 0 Å². The van der Waals surface area contributed by atoms with Crippen LogP contribution < -0.4 is 0 Å². The number of amides is 1. The Kier molecular flexibility index (Phi) is 3.87. The van der Waals surface area contributed by atoms with Gasteiger partial charge in [-0.25, -0.2) is 13.2 Å². The molecule has 4 nitrogen and oxygen atoms in total. The summed E-state index contributed by atoms with van der Waals surface area (Å²) in [6.07, 6.45) is 2.87. The molecule has 3 aromatic rings. The van der Waals surface area contributed by atoms with Crippen LogP contribution in [0.4, 0.5) is 13.2 Å². The molecule has 31 heavy (non-hydrogen) atoms. The van der Waals surface area contributed by atoms with Crippen molar-refractivity contribution in [3.05, 3.63) is 65.9 Å². The highest BCUT2D eigenvalue weighted by molar-refractivity contribution is 5.87. The molecule has 1 unspecified atom stereocenters. The van der Waals surface area contributed by atoms with Gasteiger partial charge >= 0.3 is 0 Å². The maximum Gasteiger partial charge on any atom is 0.229 e. The topological polar surface area (TPSA) is 38.1 Å². The summed E-state index contributed by atoms with van der Waals surface area (Å²) in [5.74, 6) is -0.675. The van der Waals surface area contributed by atoms with Gasteiger partial charge in [0.1, 0.15) is 17.8 Å². The van der Waals surface area contributed by atoms with Crippen molar-refractivity contribution in [3.8, 4) is 0 Å². The van der Waals surface area contributed by atoms with Crippen molar-refractivity contribution in [2.75, 3.05) is 6.54 Å². The van der Waals surface area contributed by atoms with E-state index in [1.165, 1.54) is 18.2 Å². The lowest BCUT2D eigenvalue weighted by atomic mass is 9.34. The summed E-state index contributed by atoms with van der Waals surface area (Å²) < 4.78 is 43.8. The predicted octanol–water partition coefficient (Wildman–Crippen LogP) is 4.80. The second kappa shape index (κ2) is 6.34. The van der Waals surface area contributed by atoms with Crippen molar-refractivity contribution in [3.63, 3.8) is 0 Å². The second-order valence-corrected chi connectivity index (χ2v) is 9.65. The standard InChI is InChI=1S/C24H22F3N3O/c25-16-4-1-3-15(7-16)21-8-17(26)10-29(21)22(31)24-11-23(12-24,13-24)14-30-20-6-2-5-19(27)18(20)9-28-30/h1-7,9,17,21H,8,10-14H2/t17?,21-,23?,24?/m1/s1. The SMILES string of the molecule is O=C(N1CC(F)C[C@@H]1c1cccc(F)c1)C12CC(Cn3ncc4c(F)cccc43)(C1)C2. The Hall–Kier alpha value is -2.83. The molecule has 2 atom stereocenters. The minimum atomic E-state index is -1.09. The first-order valence-corrected chi connectivity index (χ1v) is 10.7. The summed E-state index contributed by atoms with van der Waals surface area (Å²) in [6, 6.07) is 10.7. The number of nitrogens with zero attached hydrogens (tertiary/aromatic N) is 3. The van der Waals surface area contributed by atoms with Gasteiger partial charge in [0.05, 0.1) is 35.1 Å². The normalized spacial score (nSPS) is 31.5. The Morgan fingerprint density at radius 1 is 1.13 bits per heavy atom. The summed E-state index contributed by atoms with van der Waals surface area (Å²) in [4.78, 5) is 15.0. The number of hydrogen-bond acceptors (Lipinski definition) is 2. The Morgan fingerprint density at radius 3 is 2.68 bits per heavy atom. The Balaban J connectivity index is 1.19. The number of benzene rings is 2. The third-order valence-electron chi connectivity index (χ3n) is 7.46. The largest absolute Gasteiger partial charge is 0.332 e. The molecule has 2 heterocycles. The molecule has 2 bridgehead atoms. The Morgan fingerprint density at radius 2 is 1.90 bits per heavy atom. The lowest BCUT2D eigenvalue weighted by Crippen LogP contribution is -2.69. The van der Waals surface area contributed by atoms with Gasteiger partial charge in [-0.3, -0.25) is 9.48 Å². The first kappa shape index (κ1) is 18.9. The molecule has 0 spiro atoms. The first-order chi connectivity index (χ1) is 14.9. The number of carbonyl (C=O) groups is 1. The zero-order valence-electron chi connectivity index (χ0n) is 16.9. The van der Waals surface area contributed by atoms with Gasteiger partial charge in [0.2, 0.25) is 5.91 Å². The van der Waals surface area contributed by atoms with Gasteiger partial charge in [-0.1, -0.05) is 18.2 Å². The fourth-order valence-electron chi connectivity index (χ4n) is 6.25. The monoisotopic (exact) mass is 425 g/mol. The lowest BCUT2D eigenvalue weighted by molar-refractivity contribution is -0.222. The van der Waals surface area contributed by atoms with Crippen LogP contribution in [0.25, 0.3) is 10.9 Å². The van der Waals surface area contributed by atoms with Gasteiger partial charge in [0, 0.05) is 13.0 Å². The molecular weight excluding hydrogens is 403 g/mol. The van der Waals surface area contributed by atoms with Gasteiger partial charge in [-0.05, 0) is 54.5 Å². The maximum absolute atomic E-state index is 14.3. The number of halogens is 3. The van der Waals surface area contributed by atoms with Gasteiger partial charge in [-0.2, -0.15) is 5.10 Å². The van der Waals surface area contributed by atoms with Crippen molar-refractivity contribution >= 4 is 16.8 Å². The average Bonchev–Trinajstić information content (AvgIpc) is 3.27. The number of likely N-dealkylation sites (tertiary alicyclic amines) is 1. The van der Waals surface area contributed by atoms with Crippen molar-refractivity contribution < 1.29 is 18.0 Å². The summed E-state index contributed by atoms with van der Waals surface area (Å²) in [5.41, 5.74) is 0.962. The van der Waals surface area contributed by atoms with Crippen LogP contribution in [0.3, 0.4) is 0 Å². The van der Waals surface area contributed by atoms with Gasteiger partial charge < -0.3 is 4.90 Å². The van der Waals surface area contributed by atoms with Crippen molar-refractivity contribution in [1.29, 1.82) is 0 Å². The molecule has 1 aromatic heterocycles. The van der Waals surface area contributed by atoms with Gasteiger partial charge in [0.25, 0.3) is 0 Å². The highest BCUT2D eigenvalue weighted by Gasteiger charge is 2.72. The van der Waals surface area contributed by atoms with E-state index >= 15 is 0 Å². The van der Waals surface area contributed by atoms with E-state index in [0.717, 1.165) is 24.8 Å². The van der Waals surface area contributed by atoms with E-state index in [0.29, 0.717) is 17.5 Å². The molecule has 4 aliphatic rings. The minimum Gasteiger partial charge on any atom is -0.332 e. The van der Waals surface area contributed by atoms with E-state index in [1.54, 1.807) is 29.3 Å². The Labute approximate surface area is 177 Å². The molecular formula is C24H22F3N3O. The predicted molar refractivity (Wildman–Crippen MR) is 109 cm³/mol. The number of rotatable bonds is 4. The summed E-state index contributed by atoms with van der Waals surface area (Å²) >= 11 is 0. The average molecular weight is 425 g/mol. The minimum absolute atomic E-state index is 0.00980. The summed E-state index contributed by atoms with van der Waals surface area (Å²) in [6.45, 7) is 0.714. The van der Waals surface area contributed by atoms with Crippen LogP contribution in [0.2, 0.25) is 0 Å². The fraction of sp³-hybridized carbons (Fsp3) is 0.417. The molecule has 1 aliphatic heterocycles. The third-order valence-corrected chi connectivity index (χ3v) is 7.46. The van der Waals surface area contributed by atoms with Crippen LogP contribution >= 0.6 is 0 Å². The van der Waals surface area contributed by atoms with Crippen molar-refractivity contribution in [2.24, 2.45) is 10.8 Å². The van der Waals surface area contributed by atoms with Crippen LogP contribution in [0.1, 0.15) is 37.3 Å². The molecule has 0 N–H and O–H groups in total. The molecule has 7 heteroatoms. The van der Waals surface area contributed by atoms with E-state index in [1.807, 2.05) is 10.7 Å². The highest BCUT2D eigenvalue weighted by Crippen LogP contribution is 2.74. The number of aromatic nitrogens is 2. The van der Waals surface area contributed by atoms with Gasteiger partial charge in [-0.15, -0.1) is 0 Å². The van der Waals surface area contributed by atoms with E-state index in [2.05, 4.69) is 5.10 Å². The van der Waals surface area contributed by atoms with Crippen molar-refractivity contribution in [1.82, 2.24) is 14.7 Å². The zero-order chi connectivity index (χ0) is 21.4. The van der Waals surface area contributed by atoms with E-state index < -0.39 is 17.6 Å². The molecule has 4 fully saturated rings. The van der Waals surface area contributed by atoms with Crippen LogP contribution in [-0.4, -0.2) is 33.3 Å². The molecule has 3 aliphatic carbocycles. The third kappa shape index (κ3) is 2.75. The second-order valence-electron chi connectivity index (χ2n) is 9.65. The molecule has 0 radical (unpaired) electrons. The van der Waals surface area contributed by atoms with Crippen LogP contribution in [0.5, 0.6) is 0 Å². The first-order valence-electron chi connectivity index (χ1n) is 10.7. The maximum atomic E-state index is 14.3. The summed E-state index contributed by atoms with van der Waals surface area (Å²) in [7, 11) is 0. The molecule has 1 amide bonds. The van der Waals surface area contributed by atoms with Crippen LogP contribution in [0, 0.1) is 22.5 Å². The van der Waals surface area contributed by atoms with Crippen molar-refractivity contribution in [2.45, 2.75) is 44.4 Å².